The van der Waals surface area contributed by atoms with E-state index in [1.165, 1.54) is 19.3 Å². The number of nitrogens with one attached hydrogen (secondary N) is 2. The Morgan fingerprint density at radius 1 is 1.38 bits per heavy atom. The number of aliphatic imine (C=N–C) groups is 1. The highest BCUT2D eigenvalue weighted by Gasteiger charge is 2.36. The third kappa shape index (κ3) is 4.74. The summed E-state index contributed by atoms with van der Waals surface area (Å²) in [5, 5.41) is 16.4. The minimum atomic E-state index is 0.0930. The molecule has 1 aliphatic carbocycles. The Hall–Kier alpha value is -1.55. The van der Waals surface area contributed by atoms with Crippen LogP contribution in [0.25, 0.3) is 0 Å². The van der Waals surface area contributed by atoms with Crippen LogP contribution < -0.4 is 10.6 Å². The Bertz CT molecular complexity index is 447. The molecular weight excluding hydrogens is 262 g/mol. The lowest BCUT2D eigenvalue weighted by Gasteiger charge is -2.18. The Balaban J connectivity index is 1.80. The van der Waals surface area contributed by atoms with Crippen molar-refractivity contribution in [3.8, 4) is 0 Å². The minimum Gasteiger partial charge on any atom is -0.396 e. The van der Waals surface area contributed by atoms with E-state index >= 15 is 0 Å². The summed E-state index contributed by atoms with van der Waals surface area (Å²) in [5.74, 6) is 1.74. The van der Waals surface area contributed by atoms with Gasteiger partial charge < -0.3 is 15.7 Å². The van der Waals surface area contributed by atoms with Gasteiger partial charge in [0, 0.05) is 25.6 Å². The van der Waals surface area contributed by atoms with E-state index in [9.17, 15) is 5.11 Å². The van der Waals surface area contributed by atoms with Crippen LogP contribution >= 0.6 is 0 Å². The van der Waals surface area contributed by atoms with Crippen LogP contribution in [-0.2, 0) is 0 Å². The summed E-state index contributed by atoms with van der Waals surface area (Å²) in [7, 11) is 1.79. The Morgan fingerprint density at radius 3 is 2.76 bits per heavy atom. The maximum Gasteiger partial charge on any atom is 0.191 e. The number of benzene rings is 1. The SMILES string of the molecule is CCCC1CC1NC(=NC)NCC(CO)c1ccccc1. The van der Waals surface area contributed by atoms with Gasteiger partial charge in [-0.1, -0.05) is 43.7 Å². The highest BCUT2D eigenvalue weighted by Crippen LogP contribution is 2.34. The summed E-state index contributed by atoms with van der Waals surface area (Å²) in [6, 6.07) is 10.7. The summed E-state index contributed by atoms with van der Waals surface area (Å²) in [5.41, 5.74) is 1.15. The molecule has 0 aliphatic heterocycles. The molecule has 116 valence electrons. The third-order valence-corrected chi connectivity index (χ3v) is 4.14. The molecular formula is C17H27N3O. The van der Waals surface area contributed by atoms with Crippen LogP contribution in [0.3, 0.4) is 0 Å². The Morgan fingerprint density at radius 2 is 2.14 bits per heavy atom. The van der Waals surface area contributed by atoms with Crippen LogP contribution in [0.5, 0.6) is 0 Å². The van der Waals surface area contributed by atoms with E-state index in [1.54, 1.807) is 7.05 Å². The molecule has 1 fully saturated rings. The van der Waals surface area contributed by atoms with E-state index in [2.05, 4.69) is 34.7 Å². The monoisotopic (exact) mass is 289 g/mol. The van der Waals surface area contributed by atoms with Gasteiger partial charge in [0.1, 0.15) is 0 Å². The van der Waals surface area contributed by atoms with Crippen LogP contribution in [0.1, 0.15) is 37.7 Å². The molecule has 21 heavy (non-hydrogen) atoms. The second-order valence-electron chi connectivity index (χ2n) is 5.78. The van der Waals surface area contributed by atoms with Crippen LogP contribution in [0.15, 0.2) is 35.3 Å². The molecule has 0 radical (unpaired) electrons. The zero-order chi connectivity index (χ0) is 15.1. The molecule has 4 nitrogen and oxygen atoms in total. The summed E-state index contributed by atoms with van der Waals surface area (Å²) in [6.07, 6.45) is 3.78. The molecule has 3 atom stereocenters. The fourth-order valence-electron chi connectivity index (χ4n) is 2.72. The number of nitrogens with zero attached hydrogens (tertiary/aromatic N) is 1. The number of rotatable bonds is 7. The van der Waals surface area contributed by atoms with Crippen molar-refractivity contribution in [1.82, 2.24) is 10.6 Å². The van der Waals surface area contributed by atoms with E-state index < -0.39 is 0 Å². The third-order valence-electron chi connectivity index (χ3n) is 4.14. The largest absolute Gasteiger partial charge is 0.396 e. The number of hydrogen-bond acceptors (Lipinski definition) is 2. The van der Waals surface area contributed by atoms with Crippen LogP contribution in [0.4, 0.5) is 0 Å². The summed E-state index contributed by atoms with van der Waals surface area (Å²) < 4.78 is 0. The molecule has 0 bridgehead atoms. The zero-order valence-electron chi connectivity index (χ0n) is 13.0. The van der Waals surface area contributed by atoms with Crippen molar-refractivity contribution >= 4 is 5.96 Å². The maximum absolute atomic E-state index is 9.57. The number of hydrogen-bond donors (Lipinski definition) is 3. The highest BCUT2D eigenvalue weighted by molar-refractivity contribution is 5.80. The molecule has 0 spiro atoms. The predicted octanol–water partition coefficient (Wildman–Crippen LogP) is 2.12. The first-order valence-corrected chi connectivity index (χ1v) is 7.91. The van der Waals surface area contributed by atoms with E-state index in [4.69, 9.17) is 0 Å². The van der Waals surface area contributed by atoms with Crippen LogP contribution in [0, 0.1) is 5.92 Å². The van der Waals surface area contributed by atoms with Crippen molar-refractivity contribution < 1.29 is 5.11 Å². The van der Waals surface area contributed by atoms with Gasteiger partial charge in [-0.2, -0.15) is 0 Å². The molecule has 3 unspecified atom stereocenters. The first-order valence-electron chi connectivity index (χ1n) is 7.91. The van der Waals surface area contributed by atoms with Crippen molar-refractivity contribution in [2.24, 2.45) is 10.9 Å². The van der Waals surface area contributed by atoms with E-state index in [0.29, 0.717) is 12.6 Å². The predicted molar refractivity (Wildman–Crippen MR) is 87.6 cm³/mol. The molecule has 1 aromatic carbocycles. The molecule has 0 amide bonds. The average molecular weight is 289 g/mol. The fraction of sp³-hybridized carbons (Fsp3) is 0.588. The summed E-state index contributed by atoms with van der Waals surface area (Å²) in [6.45, 7) is 3.05. The van der Waals surface area contributed by atoms with Crippen molar-refractivity contribution in [1.29, 1.82) is 0 Å². The first kappa shape index (κ1) is 15.8. The van der Waals surface area contributed by atoms with Gasteiger partial charge in [-0.15, -0.1) is 0 Å². The second-order valence-corrected chi connectivity index (χ2v) is 5.78. The molecule has 0 aromatic heterocycles. The molecule has 1 saturated carbocycles. The normalized spacial score (nSPS) is 22.7. The van der Waals surface area contributed by atoms with Crippen molar-refractivity contribution in [2.75, 3.05) is 20.2 Å². The second kappa shape index (κ2) is 8.03. The average Bonchev–Trinajstić information content (AvgIpc) is 3.26. The lowest BCUT2D eigenvalue weighted by atomic mass is 10.0. The van der Waals surface area contributed by atoms with Crippen LogP contribution in [-0.4, -0.2) is 37.3 Å². The van der Waals surface area contributed by atoms with Crippen molar-refractivity contribution in [2.45, 2.75) is 38.1 Å². The standard InChI is InChI=1S/C17H27N3O/c1-3-7-14-10-16(14)20-17(18-2)19-11-15(12-21)13-8-5-4-6-9-13/h4-6,8-9,14-16,21H,3,7,10-12H2,1-2H3,(H2,18,19,20). The zero-order valence-corrected chi connectivity index (χ0v) is 13.0. The number of guanidine groups is 1. The summed E-state index contributed by atoms with van der Waals surface area (Å²) >= 11 is 0. The molecule has 2 rings (SSSR count). The first-order chi connectivity index (χ1) is 10.3. The molecule has 3 N–H and O–H groups in total. The van der Waals surface area contributed by atoms with Gasteiger partial charge in [0.15, 0.2) is 5.96 Å². The molecule has 1 aromatic rings. The highest BCUT2D eigenvalue weighted by atomic mass is 16.3. The van der Waals surface area contributed by atoms with Gasteiger partial charge >= 0.3 is 0 Å². The number of aliphatic hydroxyl groups excluding tert-OH is 1. The van der Waals surface area contributed by atoms with Gasteiger partial charge in [-0.05, 0) is 24.3 Å². The topological polar surface area (TPSA) is 56.7 Å². The van der Waals surface area contributed by atoms with Gasteiger partial charge in [-0.25, -0.2) is 0 Å². The summed E-state index contributed by atoms with van der Waals surface area (Å²) in [4.78, 5) is 4.28. The van der Waals surface area contributed by atoms with Gasteiger partial charge in [-0.3, -0.25) is 4.99 Å². The Labute approximate surface area is 127 Å². The molecule has 0 saturated heterocycles. The van der Waals surface area contributed by atoms with Gasteiger partial charge in [0.05, 0.1) is 6.61 Å². The quantitative estimate of drug-likeness (QED) is 0.532. The lowest BCUT2D eigenvalue weighted by molar-refractivity contribution is 0.265. The molecule has 1 aliphatic rings. The fourth-order valence-corrected chi connectivity index (χ4v) is 2.72. The maximum atomic E-state index is 9.57. The van der Waals surface area contributed by atoms with Crippen molar-refractivity contribution in [3.63, 3.8) is 0 Å². The molecule has 4 heteroatoms. The smallest absolute Gasteiger partial charge is 0.191 e. The van der Waals surface area contributed by atoms with Crippen LogP contribution in [0.2, 0.25) is 0 Å². The van der Waals surface area contributed by atoms with Gasteiger partial charge in [0.25, 0.3) is 0 Å². The Kier molecular flexibility index (Phi) is 6.05. The lowest BCUT2D eigenvalue weighted by Crippen LogP contribution is -2.41. The van der Waals surface area contributed by atoms with E-state index in [-0.39, 0.29) is 12.5 Å². The van der Waals surface area contributed by atoms with Gasteiger partial charge in [0.2, 0.25) is 0 Å². The van der Waals surface area contributed by atoms with E-state index in [0.717, 1.165) is 17.4 Å². The molecule has 0 heterocycles. The number of aliphatic hydroxyl groups is 1. The minimum absolute atomic E-state index is 0.0930. The van der Waals surface area contributed by atoms with Crippen molar-refractivity contribution in [3.05, 3.63) is 35.9 Å². The van der Waals surface area contributed by atoms with E-state index in [1.807, 2.05) is 18.2 Å².